The van der Waals surface area contributed by atoms with Crippen LogP contribution in [-0.2, 0) is 0 Å². The first kappa shape index (κ1) is 10.8. The summed E-state index contributed by atoms with van der Waals surface area (Å²) < 4.78 is 0. The average Bonchev–Trinajstić information content (AvgIpc) is 2.19. The van der Waals surface area contributed by atoms with Crippen molar-refractivity contribution < 1.29 is 4.79 Å². The van der Waals surface area contributed by atoms with E-state index in [1.54, 1.807) is 0 Å². The highest BCUT2D eigenvalue weighted by atomic mass is 16.1. The summed E-state index contributed by atoms with van der Waals surface area (Å²) in [4.78, 5) is 11.5. The molecule has 0 aliphatic carbocycles. The molecular weight excluding hydrogens is 175 g/mol. The van der Waals surface area contributed by atoms with Crippen LogP contribution in [0.25, 0.3) is 0 Å². The summed E-state index contributed by atoms with van der Waals surface area (Å²) in [5.74, 6) is -0.0137. The van der Waals surface area contributed by atoms with Crippen LogP contribution in [0.1, 0.15) is 10.4 Å². The van der Waals surface area contributed by atoms with Gasteiger partial charge in [-0.1, -0.05) is 29.7 Å². The molecule has 2 N–H and O–H groups in total. The van der Waals surface area contributed by atoms with Crippen LogP contribution in [0, 0.1) is 0 Å². The van der Waals surface area contributed by atoms with Gasteiger partial charge in [-0.2, -0.15) is 0 Å². The third kappa shape index (κ3) is 3.22. The molecule has 1 aromatic rings. The molecule has 0 aliphatic heterocycles. The van der Waals surface area contributed by atoms with Gasteiger partial charge in [0.2, 0.25) is 0 Å². The molecule has 3 nitrogen and oxygen atoms in total. The number of carbonyl (C=O) groups is 1. The van der Waals surface area contributed by atoms with Gasteiger partial charge in [-0.3, -0.25) is 4.79 Å². The van der Waals surface area contributed by atoms with Crippen molar-refractivity contribution in [3.05, 3.63) is 29.8 Å². The predicted octanol–water partition coefficient (Wildman–Crippen LogP) is -1.11. The van der Waals surface area contributed by atoms with Gasteiger partial charge in [-0.05, 0) is 7.05 Å². The molecule has 0 aromatic heterocycles. The van der Waals surface area contributed by atoms with Crippen LogP contribution >= 0.6 is 0 Å². The Balaban J connectivity index is 2.48. The van der Waals surface area contributed by atoms with Gasteiger partial charge in [-0.15, -0.1) is 0 Å². The monoisotopic (exact) mass is 190 g/mol. The Kier molecular flexibility index (Phi) is 4.20. The number of hydrogen-bond donors (Lipinski definition) is 2. The lowest BCUT2D eigenvalue weighted by Gasteiger charge is -2.04. The van der Waals surface area contributed by atoms with E-state index in [0.717, 1.165) is 12.0 Å². The van der Waals surface area contributed by atoms with Crippen LogP contribution in [0.5, 0.6) is 0 Å². The van der Waals surface area contributed by atoms with Crippen molar-refractivity contribution >= 4 is 19.2 Å². The quantitative estimate of drug-likeness (QED) is 0.467. The Morgan fingerprint density at radius 2 is 1.93 bits per heavy atom. The van der Waals surface area contributed by atoms with E-state index in [1.165, 1.54) is 0 Å². The SMILES string of the molecule is Bc1ccc(C(=O)NCCNC)cc1. The summed E-state index contributed by atoms with van der Waals surface area (Å²) in [6, 6.07) is 7.55. The van der Waals surface area contributed by atoms with Crippen LogP contribution < -0.4 is 16.1 Å². The Morgan fingerprint density at radius 3 is 2.50 bits per heavy atom. The maximum absolute atomic E-state index is 11.5. The molecule has 0 atom stereocenters. The number of amides is 1. The lowest BCUT2D eigenvalue weighted by Crippen LogP contribution is -2.30. The van der Waals surface area contributed by atoms with E-state index < -0.39 is 0 Å². The zero-order chi connectivity index (χ0) is 10.4. The zero-order valence-corrected chi connectivity index (χ0v) is 8.63. The largest absolute Gasteiger partial charge is 0.351 e. The average molecular weight is 190 g/mol. The van der Waals surface area contributed by atoms with Gasteiger partial charge in [-0.25, -0.2) is 0 Å². The van der Waals surface area contributed by atoms with Crippen LogP contribution in [0.3, 0.4) is 0 Å². The van der Waals surface area contributed by atoms with Crippen molar-refractivity contribution in [3.63, 3.8) is 0 Å². The number of rotatable bonds is 4. The third-order valence-electron chi connectivity index (χ3n) is 1.97. The molecule has 0 fully saturated rings. The number of nitrogens with one attached hydrogen (secondary N) is 2. The maximum atomic E-state index is 11.5. The predicted molar refractivity (Wildman–Crippen MR) is 60.9 cm³/mol. The van der Waals surface area contributed by atoms with E-state index in [1.807, 2.05) is 39.2 Å². The smallest absolute Gasteiger partial charge is 0.251 e. The van der Waals surface area contributed by atoms with E-state index in [9.17, 15) is 4.79 Å². The molecule has 1 amide bonds. The summed E-state index contributed by atoms with van der Waals surface area (Å²) in [7, 11) is 3.86. The molecule has 0 saturated heterocycles. The van der Waals surface area contributed by atoms with Crippen molar-refractivity contribution in [1.29, 1.82) is 0 Å². The van der Waals surface area contributed by atoms with E-state index >= 15 is 0 Å². The zero-order valence-electron chi connectivity index (χ0n) is 8.63. The van der Waals surface area contributed by atoms with E-state index in [4.69, 9.17) is 0 Å². The Bertz CT molecular complexity index is 297. The summed E-state index contributed by atoms with van der Waals surface area (Å²) >= 11 is 0. The van der Waals surface area contributed by atoms with E-state index in [-0.39, 0.29) is 5.91 Å². The van der Waals surface area contributed by atoms with E-state index in [2.05, 4.69) is 10.6 Å². The van der Waals surface area contributed by atoms with Gasteiger partial charge in [0.15, 0.2) is 0 Å². The molecule has 1 rings (SSSR count). The van der Waals surface area contributed by atoms with Gasteiger partial charge in [0.25, 0.3) is 5.91 Å². The molecule has 0 spiro atoms. The van der Waals surface area contributed by atoms with Gasteiger partial charge < -0.3 is 10.6 Å². The topological polar surface area (TPSA) is 41.1 Å². The molecule has 1 aromatic carbocycles. The van der Waals surface area contributed by atoms with Crippen LogP contribution in [0.4, 0.5) is 0 Å². The minimum Gasteiger partial charge on any atom is -0.351 e. The Hall–Kier alpha value is -1.29. The number of likely N-dealkylation sites (N-methyl/N-ethyl adjacent to an activating group) is 1. The second-order valence-corrected chi connectivity index (χ2v) is 3.23. The highest BCUT2D eigenvalue weighted by Gasteiger charge is 2.02. The minimum absolute atomic E-state index is 0.0137. The lowest BCUT2D eigenvalue weighted by atomic mass is 9.95. The second-order valence-electron chi connectivity index (χ2n) is 3.23. The summed E-state index contributed by atoms with van der Waals surface area (Å²) in [5.41, 5.74) is 1.88. The maximum Gasteiger partial charge on any atom is 0.251 e. The summed E-state index contributed by atoms with van der Waals surface area (Å²) in [5, 5.41) is 5.79. The highest BCUT2D eigenvalue weighted by molar-refractivity contribution is 6.32. The van der Waals surface area contributed by atoms with Gasteiger partial charge in [0.05, 0.1) is 0 Å². The van der Waals surface area contributed by atoms with E-state index in [0.29, 0.717) is 12.1 Å². The molecule has 0 bridgehead atoms. The van der Waals surface area contributed by atoms with Crippen LogP contribution in [0.2, 0.25) is 0 Å². The minimum atomic E-state index is -0.0137. The molecule has 0 saturated carbocycles. The molecule has 4 heteroatoms. The van der Waals surface area contributed by atoms with Crippen LogP contribution in [-0.4, -0.2) is 33.9 Å². The molecule has 14 heavy (non-hydrogen) atoms. The molecule has 74 valence electrons. The van der Waals surface area contributed by atoms with Crippen molar-refractivity contribution in [3.8, 4) is 0 Å². The first-order valence-corrected chi connectivity index (χ1v) is 4.73. The third-order valence-corrected chi connectivity index (χ3v) is 1.97. The lowest BCUT2D eigenvalue weighted by molar-refractivity contribution is 0.0954. The van der Waals surface area contributed by atoms with Crippen molar-refractivity contribution in [2.45, 2.75) is 0 Å². The number of hydrogen-bond acceptors (Lipinski definition) is 2. The summed E-state index contributed by atoms with van der Waals surface area (Å²) in [6.07, 6.45) is 0. The van der Waals surface area contributed by atoms with Gasteiger partial charge in [0.1, 0.15) is 7.85 Å². The fourth-order valence-electron chi connectivity index (χ4n) is 1.11. The fourth-order valence-corrected chi connectivity index (χ4v) is 1.11. The molecule has 0 aliphatic rings. The molecular formula is C10H15BN2O. The fraction of sp³-hybridized carbons (Fsp3) is 0.300. The highest BCUT2D eigenvalue weighted by Crippen LogP contribution is 1.95. The first-order chi connectivity index (χ1) is 6.74. The Morgan fingerprint density at radius 1 is 1.29 bits per heavy atom. The summed E-state index contributed by atoms with van der Waals surface area (Å²) in [6.45, 7) is 1.45. The van der Waals surface area contributed by atoms with Gasteiger partial charge >= 0.3 is 0 Å². The standard InChI is InChI=1S/C10H15BN2O/c1-12-6-7-13-10(14)8-2-4-9(11)5-3-8/h2-5,12H,6-7,11H2,1H3,(H,13,14). The van der Waals surface area contributed by atoms with Crippen molar-refractivity contribution in [2.24, 2.45) is 0 Å². The van der Waals surface area contributed by atoms with Crippen LogP contribution in [0.15, 0.2) is 24.3 Å². The first-order valence-electron chi connectivity index (χ1n) is 4.73. The number of carbonyl (C=O) groups excluding carboxylic acids is 1. The molecule has 0 radical (unpaired) electrons. The molecule has 0 heterocycles. The number of benzene rings is 1. The van der Waals surface area contributed by atoms with Crippen molar-refractivity contribution in [1.82, 2.24) is 10.6 Å². The van der Waals surface area contributed by atoms with Crippen molar-refractivity contribution in [2.75, 3.05) is 20.1 Å². The van der Waals surface area contributed by atoms with Gasteiger partial charge in [0, 0.05) is 18.7 Å². The normalized spacial score (nSPS) is 9.79. The second kappa shape index (κ2) is 5.45. The Labute approximate surface area is 85.3 Å². The molecule has 0 unspecified atom stereocenters.